The normalized spacial score (nSPS) is 14.3. The Morgan fingerprint density at radius 3 is 2.56 bits per heavy atom. The van der Waals surface area contributed by atoms with Crippen molar-refractivity contribution < 1.29 is 14.3 Å². The van der Waals surface area contributed by atoms with Crippen LogP contribution in [0.4, 0.5) is 5.13 Å². The molecule has 2 aromatic carbocycles. The van der Waals surface area contributed by atoms with Gasteiger partial charge in [0.2, 0.25) is 0 Å². The Bertz CT molecular complexity index is 1020. The molecule has 1 aromatic heterocycles. The molecule has 6 nitrogen and oxygen atoms in total. The Kier molecular flexibility index (Phi) is 7.91. The summed E-state index contributed by atoms with van der Waals surface area (Å²) in [5.74, 6) is 0.773. The van der Waals surface area contributed by atoms with Gasteiger partial charge in [0, 0.05) is 47.2 Å². The number of hydrogen-bond acceptors (Lipinski definition) is 6. The van der Waals surface area contributed by atoms with Gasteiger partial charge in [-0.15, -0.1) is 11.3 Å². The summed E-state index contributed by atoms with van der Waals surface area (Å²) >= 11 is 4.94. The molecule has 3 aromatic rings. The minimum Gasteiger partial charge on any atom is -0.497 e. The van der Waals surface area contributed by atoms with E-state index < -0.39 is 0 Å². The van der Waals surface area contributed by atoms with Crippen LogP contribution in [-0.2, 0) is 4.74 Å². The van der Waals surface area contributed by atoms with Gasteiger partial charge < -0.3 is 9.47 Å². The third kappa shape index (κ3) is 5.75. The first kappa shape index (κ1) is 22.9. The van der Waals surface area contributed by atoms with E-state index in [0.29, 0.717) is 17.2 Å². The van der Waals surface area contributed by atoms with E-state index in [2.05, 4.69) is 20.8 Å². The van der Waals surface area contributed by atoms with E-state index in [9.17, 15) is 4.79 Å². The molecule has 0 saturated carbocycles. The van der Waals surface area contributed by atoms with Crippen LogP contribution >= 0.6 is 27.3 Å². The molecule has 0 unspecified atom stereocenters. The summed E-state index contributed by atoms with van der Waals surface area (Å²) in [6.07, 6.45) is 0.875. The average Bonchev–Trinajstić information content (AvgIpc) is 3.32. The van der Waals surface area contributed by atoms with Gasteiger partial charge in [-0.1, -0.05) is 15.9 Å². The van der Waals surface area contributed by atoms with E-state index in [1.165, 1.54) is 11.3 Å². The lowest BCUT2D eigenvalue weighted by atomic mass is 10.2. The molecule has 0 bridgehead atoms. The number of aromatic nitrogens is 1. The number of ether oxygens (including phenoxy) is 2. The molecule has 0 atom stereocenters. The lowest BCUT2D eigenvalue weighted by Gasteiger charge is -2.27. The van der Waals surface area contributed by atoms with Crippen molar-refractivity contribution in [3.8, 4) is 17.0 Å². The van der Waals surface area contributed by atoms with Gasteiger partial charge >= 0.3 is 0 Å². The SMILES string of the molecule is COc1ccc(-c2csc(N(CCCN3CCOCC3)C(=O)c3ccc(Br)cc3)n2)cc1. The van der Waals surface area contributed by atoms with E-state index in [1.807, 2.05) is 53.9 Å². The van der Waals surface area contributed by atoms with Crippen molar-refractivity contribution in [3.05, 3.63) is 63.9 Å². The minimum atomic E-state index is -0.0323. The van der Waals surface area contributed by atoms with Gasteiger partial charge in [-0.05, 0) is 55.0 Å². The van der Waals surface area contributed by atoms with Crippen LogP contribution in [0.25, 0.3) is 11.3 Å². The molecule has 1 saturated heterocycles. The van der Waals surface area contributed by atoms with Gasteiger partial charge in [0.1, 0.15) is 5.75 Å². The van der Waals surface area contributed by atoms with Crippen molar-refractivity contribution in [2.45, 2.75) is 6.42 Å². The molecule has 0 spiro atoms. The quantitative estimate of drug-likeness (QED) is 0.424. The number of methoxy groups -OCH3 is 1. The fourth-order valence-electron chi connectivity index (χ4n) is 3.59. The fourth-order valence-corrected chi connectivity index (χ4v) is 4.71. The highest BCUT2D eigenvalue weighted by Crippen LogP contribution is 2.30. The Hall–Kier alpha value is -2.26. The topological polar surface area (TPSA) is 54.9 Å². The molecule has 32 heavy (non-hydrogen) atoms. The Balaban J connectivity index is 1.52. The smallest absolute Gasteiger partial charge is 0.260 e. The first-order chi connectivity index (χ1) is 15.6. The van der Waals surface area contributed by atoms with Gasteiger partial charge in [0.15, 0.2) is 5.13 Å². The number of morpholine rings is 1. The van der Waals surface area contributed by atoms with Crippen molar-refractivity contribution in [3.63, 3.8) is 0 Å². The molecule has 1 amide bonds. The highest BCUT2D eigenvalue weighted by atomic mass is 79.9. The maximum Gasteiger partial charge on any atom is 0.260 e. The van der Waals surface area contributed by atoms with Crippen molar-refractivity contribution in [2.75, 3.05) is 51.4 Å². The summed E-state index contributed by atoms with van der Waals surface area (Å²) in [6, 6.07) is 15.3. The molecular formula is C24H26BrN3O3S. The molecule has 0 aliphatic carbocycles. The van der Waals surface area contributed by atoms with Crippen molar-refractivity contribution in [2.24, 2.45) is 0 Å². The number of rotatable bonds is 8. The molecule has 1 fully saturated rings. The van der Waals surface area contributed by atoms with Gasteiger partial charge in [0.25, 0.3) is 5.91 Å². The lowest BCUT2D eigenvalue weighted by Crippen LogP contribution is -2.39. The van der Waals surface area contributed by atoms with Crippen LogP contribution in [0.2, 0.25) is 0 Å². The van der Waals surface area contributed by atoms with Crippen molar-refractivity contribution in [1.29, 1.82) is 0 Å². The highest BCUT2D eigenvalue weighted by Gasteiger charge is 2.22. The van der Waals surface area contributed by atoms with E-state index in [1.54, 1.807) is 12.0 Å². The van der Waals surface area contributed by atoms with E-state index >= 15 is 0 Å². The third-order valence-electron chi connectivity index (χ3n) is 5.40. The van der Waals surface area contributed by atoms with Crippen LogP contribution in [0.3, 0.4) is 0 Å². The second-order valence-electron chi connectivity index (χ2n) is 7.52. The number of carbonyl (C=O) groups is 1. The molecule has 0 N–H and O–H groups in total. The number of nitrogens with zero attached hydrogens (tertiary/aromatic N) is 3. The minimum absolute atomic E-state index is 0.0323. The predicted molar refractivity (Wildman–Crippen MR) is 132 cm³/mol. The standard InChI is InChI=1S/C24H26BrN3O3S/c1-30-21-9-5-18(6-10-21)22-17-32-24(26-22)28(12-2-11-27-13-15-31-16-14-27)23(29)19-3-7-20(25)8-4-19/h3-10,17H,2,11-16H2,1H3. The summed E-state index contributed by atoms with van der Waals surface area (Å²) in [5.41, 5.74) is 2.51. The van der Waals surface area contributed by atoms with Crippen LogP contribution in [-0.4, -0.2) is 62.3 Å². The number of carbonyl (C=O) groups excluding carboxylic acids is 1. The number of hydrogen-bond donors (Lipinski definition) is 0. The predicted octanol–water partition coefficient (Wildman–Crippen LogP) is 4.95. The first-order valence-electron chi connectivity index (χ1n) is 10.6. The van der Waals surface area contributed by atoms with Crippen molar-refractivity contribution in [1.82, 2.24) is 9.88 Å². The highest BCUT2D eigenvalue weighted by molar-refractivity contribution is 9.10. The van der Waals surface area contributed by atoms with E-state index in [-0.39, 0.29) is 5.91 Å². The monoisotopic (exact) mass is 515 g/mol. The van der Waals surface area contributed by atoms with Crippen LogP contribution in [0, 0.1) is 0 Å². The first-order valence-corrected chi connectivity index (χ1v) is 12.3. The molecule has 0 radical (unpaired) electrons. The molecule has 8 heteroatoms. The number of amides is 1. The van der Waals surface area contributed by atoms with Crippen LogP contribution in [0.1, 0.15) is 16.8 Å². The van der Waals surface area contributed by atoms with Crippen LogP contribution in [0.15, 0.2) is 58.4 Å². The fraction of sp³-hybridized carbons (Fsp3) is 0.333. The number of benzene rings is 2. The third-order valence-corrected chi connectivity index (χ3v) is 6.80. The van der Waals surface area contributed by atoms with Crippen LogP contribution < -0.4 is 9.64 Å². The Morgan fingerprint density at radius 2 is 1.88 bits per heavy atom. The van der Waals surface area contributed by atoms with E-state index in [0.717, 1.165) is 60.7 Å². The number of halogens is 1. The summed E-state index contributed by atoms with van der Waals surface area (Å²) in [7, 11) is 1.65. The number of anilines is 1. The maximum atomic E-state index is 13.4. The zero-order valence-electron chi connectivity index (χ0n) is 18.0. The lowest BCUT2D eigenvalue weighted by molar-refractivity contribution is 0.0376. The Labute approximate surface area is 200 Å². The summed E-state index contributed by atoms with van der Waals surface area (Å²) < 4.78 is 11.6. The van der Waals surface area contributed by atoms with Gasteiger partial charge in [-0.3, -0.25) is 14.6 Å². The molecule has 1 aliphatic heterocycles. The summed E-state index contributed by atoms with van der Waals surface area (Å²) in [5, 5.41) is 2.71. The zero-order valence-corrected chi connectivity index (χ0v) is 20.4. The second-order valence-corrected chi connectivity index (χ2v) is 9.27. The molecule has 4 rings (SSSR count). The molecular weight excluding hydrogens is 490 g/mol. The molecule has 168 valence electrons. The van der Waals surface area contributed by atoms with Gasteiger partial charge in [-0.2, -0.15) is 0 Å². The Morgan fingerprint density at radius 1 is 1.16 bits per heavy atom. The largest absolute Gasteiger partial charge is 0.497 e. The van der Waals surface area contributed by atoms with Crippen LogP contribution in [0.5, 0.6) is 5.75 Å². The summed E-state index contributed by atoms with van der Waals surface area (Å²) in [4.78, 5) is 22.4. The zero-order chi connectivity index (χ0) is 22.3. The van der Waals surface area contributed by atoms with Gasteiger partial charge in [0.05, 0.1) is 26.0 Å². The maximum absolute atomic E-state index is 13.4. The van der Waals surface area contributed by atoms with Gasteiger partial charge in [-0.25, -0.2) is 4.98 Å². The molecule has 2 heterocycles. The number of thiazole rings is 1. The second kappa shape index (κ2) is 11.0. The van der Waals surface area contributed by atoms with Crippen molar-refractivity contribution >= 4 is 38.3 Å². The molecule has 1 aliphatic rings. The summed E-state index contributed by atoms with van der Waals surface area (Å²) in [6.45, 7) is 4.99. The average molecular weight is 516 g/mol. The van der Waals surface area contributed by atoms with E-state index in [4.69, 9.17) is 14.5 Å².